The fraction of sp³-hybridized carbons (Fsp3) is 0. The summed E-state index contributed by atoms with van der Waals surface area (Å²) >= 11 is 1.87. The second-order valence-corrected chi connectivity index (χ2v) is 18.5. The van der Waals surface area contributed by atoms with E-state index in [0.29, 0.717) is 17.5 Å². The molecule has 322 valence electrons. The van der Waals surface area contributed by atoms with Crippen molar-refractivity contribution in [1.29, 1.82) is 0 Å². The van der Waals surface area contributed by atoms with Gasteiger partial charge in [-0.1, -0.05) is 237 Å². The van der Waals surface area contributed by atoms with Gasteiger partial charge >= 0.3 is 0 Å². The summed E-state index contributed by atoms with van der Waals surface area (Å²) in [5.74, 6) is 1.87. The van der Waals surface area contributed by atoms with Crippen molar-refractivity contribution < 1.29 is 0 Å². The van der Waals surface area contributed by atoms with Crippen LogP contribution in [0.2, 0.25) is 0 Å². The molecule has 0 spiro atoms. The molecule has 0 N–H and O–H groups in total. The predicted octanol–water partition coefficient (Wildman–Crippen LogP) is 17.9. The minimum atomic E-state index is 0.617. The highest BCUT2D eigenvalue weighted by Crippen LogP contribution is 2.43. The number of aromatic nitrogens is 3. The summed E-state index contributed by atoms with van der Waals surface area (Å²) in [6.45, 7) is 0. The SMILES string of the molecule is c1ccc(-c2ccccc2-c2nc(-c3ccc(-c4ccc(-c5ccc(-c6ccc7c(c6)sc6ccccc67)c6ccccc56)c5ccccc45)cc3)nc(-c3ccccc3-c3ccccc3)n2)cc1. The van der Waals surface area contributed by atoms with Crippen molar-refractivity contribution in [2.45, 2.75) is 0 Å². The Bertz CT molecular complexity index is 3960. The Labute approximate surface area is 404 Å². The Morgan fingerprint density at radius 2 is 0.565 bits per heavy atom. The molecular formula is C65H41N3S. The average molecular weight is 896 g/mol. The number of thiophene rings is 1. The molecule has 13 aromatic rings. The van der Waals surface area contributed by atoms with E-state index in [-0.39, 0.29) is 0 Å². The maximum Gasteiger partial charge on any atom is 0.164 e. The molecule has 0 radical (unpaired) electrons. The highest BCUT2D eigenvalue weighted by Gasteiger charge is 2.19. The molecule has 0 aliphatic rings. The van der Waals surface area contributed by atoms with E-state index < -0.39 is 0 Å². The van der Waals surface area contributed by atoms with Gasteiger partial charge in [0, 0.05) is 36.9 Å². The highest BCUT2D eigenvalue weighted by atomic mass is 32.1. The topological polar surface area (TPSA) is 38.7 Å². The van der Waals surface area contributed by atoms with E-state index in [1.807, 2.05) is 23.5 Å². The minimum Gasteiger partial charge on any atom is -0.208 e. The van der Waals surface area contributed by atoms with Crippen molar-refractivity contribution in [3.63, 3.8) is 0 Å². The lowest BCUT2D eigenvalue weighted by molar-refractivity contribution is 1.07. The van der Waals surface area contributed by atoms with Gasteiger partial charge in [0.1, 0.15) is 0 Å². The Hall–Kier alpha value is -8.83. The molecule has 0 aliphatic heterocycles. The summed E-state index contributed by atoms with van der Waals surface area (Å²) in [4.78, 5) is 15.7. The van der Waals surface area contributed by atoms with Crippen LogP contribution in [0.1, 0.15) is 0 Å². The Kier molecular flexibility index (Phi) is 10.0. The van der Waals surface area contributed by atoms with Crippen LogP contribution in [-0.2, 0) is 0 Å². The summed E-state index contributed by atoms with van der Waals surface area (Å²) in [5.41, 5.74) is 14.4. The van der Waals surface area contributed by atoms with Crippen molar-refractivity contribution in [2.24, 2.45) is 0 Å². The molecular weight excluding hydrogens is 855 g/mol. The summed E-state index contributed by atoms with van der Waals surface area (Å²) in [6.07, 6.45) is 0. The lowest BCUT2D eigenvalue weighted by Gasteiger charge is -2.16. The quantitative estimate of drug-likeness (QED) is 0.153. The molecule has 0 unspecified atom stereocenters. The number of fused-ring (bicyclic) bond motifs is 5. The summed E-state index contributed by atoms with van der Waals surface area (Å²) in [5, 5.41) is 7.54. The molecule has 0 bridgehead atoms. The molecule has 0 fully saturated rings. The number of benzene rings is 11. The van der Waals surface area contributed by atoms with Crippen molar-refractivity contribution in [3.05, 3.63) is 249 Å². The van der Waals surface area contributed by atoms with Crippen molar-refractivity contribution in [2.75, 3.05) is 0 Å². The predicted molar refractivity (Wildman–Crippen MR) is 291 cm³/mol. The molecule has 2 aromatic heterocycles. The fourth-order valence-electron chi connectivity index (χ4n) is 10.1. The first kappa shape index (κ1) is 40.4. The van der Waals surface area contributed by atoms with Crippen LogP contribution in [0.15, 0.2) is 249 Å². The summed E-state index contributed by atoms with van der Waals surface area (Å²) in [6, 6.07) is 88.8. The molecule has 3 nitrogen and oxygen atoms in total. The Balaban J connectivity index is 0.898. The molecule has 69 heavy (non-hydrogen) atoms. The van der Waals surface area contributed by atoms with Gasteiger partial charge in [0.2, 0.25) is 0 Å². The van der Waals surface area contributed by atoms with Gasteiger partial charge in [-0.25, -0.2) is 15.0 Å². The smallest absolute Gasteiger partial charge is 0.164 e. The van der Waals surface area contributed by atoms with Gasteiger partial charge in [-0.3, -0.25) is 0 Å². The van der Waals surface area contributed by atoms with Crippen LogP contribution in [0.3, 0.4) is 0 Å². The molecule has 0 atom stereocenters. The number of hydrogen-bond donors (Lipinski definition) is 0. The van der Waals surface area contributed by atoms with Crippen LogP contribution < -0.4 is 0 Å². The third kappa shape index (κ3) is 7.26. The standard InChI is InChI=1S/C65H41N3S/c1-3-17-42(18-4-1)47-21-7-13-28-59(47)64-66-63(67-65(68-64)60-29-14-8-22-48(60)43-19-5-2-6-20-43)45-33-31-44(32-34-45)49-37-39-55(53-25-11-9-23-51(49)53)56-40-38-50(52-24-10-12-26-54(52)56)46-35-36-58-57-27-15-16-30-61(57)69-62(58)41-46/h1-41H. The van der Waals surface area contributed by atoms with Crippen molar-refractivity contribution in [3.8, 4) is 89.8 Å². The minimum absolute atomic E-state index is 0.617. The second-order valence-electron chi connectivity index (χ2n) is 17.4. The zero-order chi connectivity index (χ0) is 45.7. The molecule has 13 rings (SSSR count). The first-order chi connectivity index (χ1) is 34.2. The molecule has 0 aliphatic carbocycles. The number of nitrogens with zero attached hydrogens (tertiary/aromatic N) is 3. The van der Waals surface area contributed by atoms with Crippen LogP contribution in [-0.4, -0.2) is 15.0 Å². The van der Waals surface area contributed by atoms with Crippen LogP contribution in [0.25, 0.3) is 132 Å². The molecule has 11 aromatic carbocycles. The molecule has 0 amide bonds. The van der Waals surface area contributed by atoms with Gasteiger partial charge in [0.25, 0.3) is 0 Å². The van der Waals surface area contributed by atoms with Gasteiger partial charge in [-0.15, -0.1) is 11.3 Å². The molecule has 2 heterocycles. The van der Waals surface area contributed by atoms with E-state index in [0.717, 1.165) is 44.5 Å². The van der Waals surface area contributed by atoms with Gasteiger partial charge in [-0.2, -0.15) is 0 Å². The summed E-state index contributed by atoms with van der Waals surface area (Å²) in [7, 11) is 0. The van der Waals surface area contributed by atoms with Crippen LogP contribution in [0, 0.1) is 0 Å². The van der Waals surface area contributed by atoms with Gasteiger partial charge < -0.3 is 0 Å². The Morgan fingerprint density at radius 3 is 1.12 bits per heavy atom. The largest absolute Gasteiger partial charge is 0.208 e. The van der Waals surface area contributed by atoms with E-state index in [9.17, 15) is 0 Å². The van der Waals surface area contributed by atoms with Gasteiger partial charge in [0.15, 0.2) is 17.5 Å². The van der Waals surface area contributed by atoms with Gasteiger partial charge in [0.05, 0.1) is 0 Å². The van der Waals surface area contributed by atoms with E-state index in [1.54, 1.807) is 0 Å². The van der Waals surface area contributed by atoms with E-state index >= 15 is 0 Å². The van der Waals surface area contributed by atoms with Crippen LogP contribution in [0.4, 0.5) is 0 Å². The van der Waals surface area contributed by atoms with E-state index in [4.69, 9.17) is 15.0 Å². The fourth-order valence-corrected chi connectivity index (χ4v) is 11.2. The van der Waals surface area contributed by atoms with E-state index in [2.05, 4.69) is 237 Å². The third-order valence-electron chi connectivity index (χ3n) is 13.4. The first-order valence-electron chi connectivity index (χ1n) is 23.3. The monoisotopic (exact) mass is 895 g/mol. The van der Waals surface area contributed by atoms with Gasteiger partial charge in [-0.05, 0) is 89.3 Å². The lowest BCUT2D eigenvalue weighted by Crippen LogP contribution is -2.02. The zero-order valence-corrected chi connectivity index (χ0v) is 38.2. The van der Waals surface area contributed by atoms with Crippen molar-refractivity contribution in [1.82, 2.24) is 15.0 Å². The molecule has 4 heteroatoms. The average Bonchev–Trinajstić information content (AvgIpc) is 3.81. The maximum atomic E-state index is 5.24. The second kappa shape index (κ2) is 17.1. The zero-order valence-electron chi connectivity index (χ0n) is 37.4. The van der Waals surface area contributed by atoms with Crippen molar-refractivity contribution >= 4 is 53.1 Å². The molecule has 0 saturated heterocycles. The normalized spacial score (nSPS) is 11.5. The maximum absolute atomic E-state index is 5.24. The number of hydrogen-bond acceptors (Lipinski definition) is 4. The first-order valence-corrected chi connectivity index (χ1v) is 24.2. The molecule has 0 saturated carbocycles. The third-order valence-corrected chi connectivity index (χ3v) is 14.6. The highest BCUT2D eigenvalue weighted by molar-refractivity contribution is 7.25. The van der Waals surface area contributed by atoms with Crippen LogP contribution in [0.5, 0.6) is 0 Å². The Morgan fingerprint density at radius 1 is 0.203 bits per heavy atom. The summed E-state index contributed by atoms with van der Waals surface area (Å²) < 4.78 is 2.64. The number of rotatable bonds is 8. The van der Waals surface area contributed by atoms with Crippen LogP contribution >= 0.6 is 11.3 Å². The lowest BCUT2D eigenvalue weighted by atomic mass is 9.88. The van der Waals surface area contributed by atoms with E-state index in [1.165, 1.54) is 69.5 Å².